The molecule has 2 aliphatic rings. The summed E-state index contributed by atoms with van der Waals surface area (Å²) < 4.78 is 0. The van der Waals surface area contributed by atoms with Gasteiger partial charge in [0.15, 0.2) is 0 Å². The fraction of sp³-hybridized carbons (Fsp3) is 0.500. The molecule has 2 aromatic carbocycles. The zero-order valence-electron chi connectivity index (χ0n) is 13.8. The molecule has 0 N–H and O–H groups in total. The van der Waals surface area contributed by atoms with Gasteiger partial charge in [0.1, 0.15) is 0 Å². The van der Waals surface area contributed by atoms with Crippen molar-refractivity contribution in [2.24, 2.45) is 0 Å². The molecule has 0 unspecified atom stereocenters. The summed E-state index contributed by atoms with van der Waals surface area (Å²) in [6.07, 6.45) is 13.7. The Bertz CT molecular complexity index is 438. The second-order valence-electron chi connectivity index (χ2n) is 6.27. The van der Waals surface area contributed by atoms with Crippen LogP contribution in [0.4, 0.5) is 0 Å². The van der Waals surface area contributed by atoms with E-state index in [1.165, 1.54) is 64.2 Å². The number of rotatable bonds is 0. The molecule has 0 nitrogen and oxygen atoms in total. The van der Waals surface area contributed by atoms with Crippen LogP contribution in [0.25, 0.3) is 0 Å². The van der Waals surface area contributed by atoms with E-state index in [0.29, 0.717) is 0 Å². The second-order valence-corrected chi connectivity index (χ2v) is 6.27. The Morgan fingerprint density at radius 1 is 0.565 bits per heavy atom. The molecule has 0 spiro atoms. The van der Waals surface area contributed by atoms with Gasteiger partial charge in [0, 0.05) is 0 Å². The molecule has 0 radical (unpaired) electrons. The summed E-state index contributed by atoms with van der Waals surface area (Å²) in [5.74, 6) is 0. The maximum atomic E-state index is 2.28. The SMILES string of the molecule is [Cl-].[Cl-].[Zr+4].c1cc2c([cH-]1)CCCCC2.c1cc2c([cH-]1)CCCCC2. The number of fused-ring (bicyclic) bond motifs is 2. The Morgan fingerprint density at radius 2 is 0.957 bits per heavy atom. The third-order valence-corrected chi connectivity index (χ3v) is 4.80. The van der Waals surface area contributed by atoms with Crippen molar-refractivity contribution in [3.8, 4) is 0 Å². The molecule has 4 rings (SSSR count). The van der Waals surface area contributed by atoms with E-state index in [2.05, 4.69) is 36.4 Å². The summed E-state index contributed by atoms with van der Waals surface area (Å²) >= 11 is 0. The Morgan fingerprint density at radius 3 is 1.39 bits per heavy atom. The Kier molecular flexibility index (Phi) is 12.6. The first-order valence-corrected chi connectivity index (χ1v) is 8.40. The summed E-state index contributed by atoms with van der Waals surface area (Å²) in [4.78, 5) is 0. The fourth-order valence-electron chi connectivity index (χ4n) is 3.58. The van der Waals surface area contributed by atoms with E-state index in [9.17, 15) is 0 Å². The van der Waals surface area contributed by atoms with Gasteiger partial charge in [-0.05, 0) is 0 Å². The molecule has 0 saturated carbocycles. The van der Waals surface area contributed by atoms with Crippen LogP contribution in [-0.2, 0) is 51.9 Å². The molecule has 0 atom stereocenters. The zero-order chi connectivity index (χ0) is 13.6. The van der Waals surface area contributed by atoms with Crippen LogP contribution in [0.5, 0.6) is 0 Å². The van der Waals surface area contributed by atoms with Crippen molar-refractivity contribution in [1.29, 1.82) is 0 Å². The van der Waals surface area contributed by atoms with Crippen molar-refractivity contribution >= 4 is 0 Å². The average Bonchev–Trinajstić information content (AvgIpc) is 2.98. The van der Waals surface area contributed by atoms with Crippen LogP contribution >= 0.6 is 0 Å². The largest absolute Gasteiger partial charge is 4.00 e. The van der Waals surface area contributed by atoms with Crippen LogP contribution in [0.2, 0.25) is 0 Å². The quantitative estimate of drug-likeness (QED) is 0.387. The van der Waals surface area contributed by atoms with E-state index >= 15 is 0 Å². The second kappa shape index (κ2) is 12.5. The van der Waals surface area contributed by atoms with E-state index in [-0.39, 0.29) is 51.0 Å². The van der Waals surface area contributed by atoms with Crippen LogP contribution < -0.4 is 24.8 Å². The van der Waals surface area contributed by atoms with Gasteiger partial charge in [-0.25, -0.2) is 12.1 Å². The van der Waals surface area contributed by atoms with Crippen LogP contribution in [0.1, 0.15) is 60.8 Å². The summed E-state index contributed by atoms with van der Waals surface area (Å²) in [5.41, 5.74) is 6.44. The van der Waals surface area contributed by atoms with Gasteiger partial charge >= 0.3 is 26.2 Å². The Hall–Kier alpha value is 0.163. The van der Waals surface area contributed by atoms with Gasteiger partial charge in [-0.3, -0.25) is 0 Å². The maximum absolute atomic E-state index is 2.28. The molecule has 0 aromatic heterocycles. The topological polar surface area (TPSA) is 0 Å². The molecular formula is C20H26Cl2Zr. The summed E-state index contributed by atoms with van der Waals surface area (Å²) in [5, 5.41) is 0. The van der Waals surface area contributed by atoms with Gasteiger partial charge in [-0.15, -0.1) is 0 Å². The van der Waals surface area contributed by atoms with Gasteiger partial charge in [-0.1, -0.05) is 64.2 Å². The molecule has 0 heterocycles. The molecule has 0 amide bonds. The molecule has 0 aliphatic heterocycles. The van der Waals surface area contributed by atoms with Gasteiger partial charge < -0.3 is 24.8 Å². The van der Waals surface area contributed by atoms with Crippen molar-refractivity contribution < 1.29 is 51.0 Å². The number of aryl methyl sites for hydroxylation is 4. The number of halogens is 2. The molecule has 0 fully saturated rings. The normalized spacial score (nSPS) is 15.7. The summed E-state index contributed by atoms with van der Waals surface area (Å²) in [6.45, 7) is 0. The van der Waals surface area contributed by atoms with Gasteiger partial charge in [0.05, 0.1) is 0 Å². The van der Waals surface area contributed by atoms with Gasteiger partial charge in [0.2, 0.25) is 0 Å². The number of hydrogen-bond acceptors (Lipinski definition) is 0. The molecule has 0 saturated heterocycles. The van der Waals surface area contributed by atoms with E-state index in [0.717, 1.165) is 0 Å². The van der Waals surface area contributed by atoms with Crippen molar-refractivity contribution in [2.45, 2.75) is 64.2 Å². The maximum Gasteiger partial charge on any atom is 4.00 e. The first-order chi connectivity index (χ1) is 9.93. The summed E-state index contributed by atoms with van der Waals surface area (Å²) in [7, 11) is 0. The molecule has 2 aromatic rings. The van der Waals surface area contributed by atoms with Crippen molar-refractivity contribution in [1.82, 2.24) is 0 Å². The Balaban J connectivity index is 0.000000372. The smallest absolute Gasteiger partial charge is 1.00 e. The predicted molar refractivity (Wildman–Crippen MR) is 86.6 cm³/mol. The van der Waals surface area contributed by atoms with Crippen molar-refractivity contribution in [3.05, 3.63) is 58.7 Å². The summed E-state index contributed by atoms with van der Waals surface area (Å²) in [6, 6.07) is 13.5. The zero-order valence-corrected chi connectivity index (χ0v) is 17.8. The fourth-order valence-corrected chi connectivity index (χ4v) is 3.58. The molecule has 0 bridgehead atoms. The Labute approximate surface area is 173 Å². The van der Waals surface area contributed by atoms with E-state index in [4.69, 9.17) is 0 Å². The third-order valence-electron chi connectivity index (χ3n) is 4.80. The predicted octanol–water partition coefficient (Wildman–Crippen LogP) is -0.646. The minimum atomic E-state index is 0. The molecule has 23 heavy (non-hydrogen) atoms. The van der Waals surface area contributed by atoms with Crippen molar-refractivity contribution in [3.63, 3.8) is 0 Å². The molecule has 124 valence electrons. The van der Waals surface area contributed by atoms with Crippen LogP contribution in [0, 0.1) is 0 Å². The van der Waals surface area contributed by atoms with Crippen LogP contribution in [-0.4, -0.2) is 0 Å². The first kappa shape index (κ1) is 23.2. The number of hydrogen-bond donors (Lipinski definition) is 0. The van der Waals surface area contributed by atoms with Gasteiger partial charge in [0.25, 0.3) is 0 Å². The molecule has 3 heteroatoms. The third kappa shape index (κ3) is 6.89. The average molecular weight is 429 g/mol. The van der Waals surface area contributed by atoms with Crippen LogP contribution in [0.3, 0.4) is 0 Å². The van der Waals surface area contributed by atoms with Crippen molar-refractivity contribution in [2.75, 3.05) is 0 Å². The standard InChI is InChI=1S/2C10H13.2ClH.Zr/c2*1-2-5-9-7-4-8-10(9)6-3-1;;;/h2*4,7-8H,1-3,5-6H2;2*1H;/q2*-1;;;+4/p-2. The molecular weight excluding hydrogens is 402 g/mol. The minimum absolute atomic E-state index is 0. The molecule has 2 aliphatic carbocycles. The van der Waals surface area contributed by atoms with E-state index in [1.54, 1.807) is 22.3 Å². The van der Waals surface area contributed by atoms with Gasteiger partial charge in [-0.2, -0.15) is 46.5 Å². The van der Waals surface area contributed by atoms with E-state index < -0.39 is 0 Å². The first-order valence-electron chi connectivity index (χ1n) is 8.40. The minimum Gasteiger partial charge on any atom is -1.00 e. The monoisotopic (exact) mass is 426 g/mol. The van der Waals surface area contributed by atoms with E-state index in [1.807, 2.05) is 0 Å². The van der Waals surface area contributed by atoms with Crippen LogP contribution in [0.15, 0.2) is 36.4 Å².